The van der Waals surface area contributed by atoms with Crippen molar-refractivity contribution in [3.8, 4) is 0 Å². The average Bonchev–Trinajstić information content (AvgIpc) is 2.88. The maximum atomic E-state index is 10.7. The van der Waals surface area contributed by atoms with E-state index in [1.807, 2.05) is 12.3 Å². The predicted molar refractivity (Wildman–Crippen MR) is 81.3 cm³/mol. The molecule has 0 aliphatic carbocycles. The first-order chi connectivity index (χ1) is 9.88. The lowest BCUT2D eigenvalue weighted by Crippen LogP contribution is -2.11. The number of nitrogen functional groups attached to an aromatic ring is 1. The summed E-state index contributed by atoms with van der Waals surface area (Å²) in [6.07, 6.45) is 1.10. The fourth-order valence-corrected chi connectivity index (χ4v) is 2.56. The van der Waals surface area contributed by atoms with E-state index in [9.17, 15) is 10.1 Å². The third-order valence-corrected chi connectivity index (χ3v) is 3.98. The Labute approximate surface area is 125 Å². The van der Waals surface area contributed by atoms with Crippen LogP contribution in [0.3, 0.4) is 0 Å². The molecule has 2 aromatic heterocycles. The zero-order valence-corrected chi connectivity index (χ0v) is 12.7. The van der Waals surface area contributed by atoms with E-state index >= 15 is 0 Å². The fourth-order valence-electron chi connectivity index (χ4n) is 1.63. The topological polar surface area (TPSA) is 120 Å². The first-order valence-electron chi connectivity index (χ1n) is 6.37. The molecule has 2 rings (SSSR count). The van der Waals surface area contributed by atoms with Crippen molar-refractivity contribution in [1.82, 2.24) is 15.0 Å². The van der Waals surface area contributed by atoms with E-state index in [0.29, 0.717) is 5.92 Å². The molecule has 0 aromatic carbocycles. The summed E-state index contributed by atoms with van der Waals surface area (Å²) in [7, 11) is 0. The van der Waals surface area contributed by atoms with Crippen LogP contribution in [0, 0.1) is 10.1 Å². The van der Waals surface area contributed by atoms with Gasteiger partial charge in [0.05, 0.1) is 21.7 Å². The van der Waals surface area contributed by atoms with Gasteiger partial charge in [0.15, 0.2) is 0 Å². The van der Waals surface area contributed by atoms with Crippen molar-refractivity contribution < 1.29 is 4.92 Å². The summed E-state index contributed by atoms with van der Waals surface area (Å²) in [5, 5.41) is 16.7. The molecule has 9 heteroatoms. The quantitative estimate of drug-likeness (QED) is 0.643. The first-order valence-corrected chi connectivity index (χ1v) is 7.25. The molecule has 0 aliphatic heterocycles. The third-order valence-electron chi connectivity index (χ3n) is 2.82. The molecule has 0 fully saturated rings. The van der Waals surface area contributed by atoms with E-state index < -0.39 is 4.92 Å². The zero-order valence-electron chi connectivity index (χ0n) is 11.9. The number of nitrogens with two attached hydrogens (primary N) is 1. The van der Waals surface area contributed by atoms with Crippen LogP contribution in [0.5, 0.6) is 0 Å². The molecule has 21 heavy (non-hydrogen) atoms. The monoisotopic (exact) mass is 308 g/mol. The first kappa shape index (κ1) is 15.1. The minimum Gasteiger partial charge on any atom is -0.378 e. The van der Waals surface area contributed by atoms with Crippen LogP contribution in [0.25, 0.3) is 0 Å². The number of nitrogens with one attached hydrogen (secondary N) is 1. The lowest BCUT2D eigenvalue weighted by Gasteiger charge is -2.11. The molecule has 1 atom stereocenters. The summed E-state index contributed by atoms with van der Waals surface area (Å²) in [5.74, 6) is 0.456. The molecule has 0 bridgehead atoms. The van der Waals surface area contributed by atoms with Crippen molar-refractivity contribution in [2.75, 3.05) is 11.1 Å². The van der Waals surface area contributed by atoms with Gasteiger partial charge in [0.25, 0.3) is 0 Å². The lowest BCUT2D eigenvalue weighted by molar-refractivity contribution is -0.384. The molecule has 3 N–H and O–H groups in total. The minimum atomic E-state index is -0.613. The van der Waals surface area contributed by atoms with E-state index in [0.717, 1.165) is 16.9 Å². The number of anilines is 2. The number of aromatic nitrogens is 3. The van der Waals surface area contributed by atoms with Crippen LogP contribution < -0.4 is 11.1 Å². The molecular formula is C12H16N6O2S. The molecule has 0 spiro atoms. The normalized spacial score (nSPS) is 12.4. The maximum Gasteiger partial charge on any atom is 0.329 e. The average molecular weight is 308 g/mol. The Balaban J connectivity index is 2.13. The third kappa shape index (κ3) is 3.43. The summed E-state index contributed by atoms with van der Waals surface area (Å²) < 4.78 is 0. The van der Waals surface area contributed by atoms with E-state index in [-0.39, 0.29) is 23.5 Å². The molecule has 0 aliphatic rings. The highest BCUT2D eigenvalue weighted by atomic mass is 32.1. The summed E-state index contributed by atoms with van der Waals surface area (Å²) in [4.78, 5) is 22.4. The molecule has 0 saturated heterocycles. The van der Waals surface area contributed by atoms with E-state index in [2.05, 4.69) is 34.1 Å². The second-order valence-corrected chi connectivity index (χ2v) is 5.74. The van der Waals surface area contributed by atoms with Gasteiger partial charge in [-0.1, -0.05) is 13.8 Å². The SMILES string of the molecule is CC(C)c1nc([C@H](C)Nc2ncc([N+](=O)[O-])c(N)n2)cs1. The van der Waals surface area contributed by atoms with Crippen LogP contribution in [0.1, 0.15) is 43.4 Å². The summed E-state index contributed by atoms with van der Waals surface area (Å²) >= 11 is 1.60. The highest BCUT2D eigenvalue weighted by Crippen LogP contribution is 2.25. The van der Waals surface area contributed by atoms with Gasteiger partial charge in [-0.25, -0.2) is 9.97 Å². The van der Waals surface area contributed by atoms with Crippen molar-refractivity contribution in [1.29, 1.82) is 0 Å². The van der Waals surface area contributed by atoms with Gasteiger partial charge in [-0.15, -0.1) is 11.3 Å². The molecule has 0 radical (unpaired) electrons. The second kappa shape index (κ2) is 6.00. The molecular weight excluding hydrogens is 292 g/mol. The van der Waals surface area contributed by atoms with Crippen molar-refractivity contribution in [3.63, 3.8) is 0 Å². The maximum absolute atomic E-state index is 10.7. The number of rotatable bonds is 5. The Morgan fingerprint density at radius 1 is 1.38 bits per heavy atom. The lowest BCUT2D eigenvalue weighted by atomic mass is 10.2. The van der Waals surface area contributed by atoms with Crippen LogP contribution >= 0.6 is 11.3 Å². The second-order valence-electron chi connectivity index (χ2n) is 4.85. The van der Waals surface area contributed by atoms with Crippen LogP contribution in [0.2, 0.25) is 0 Å². The molecule has 0 amide bonds. The van der Waals surface area contributed by atoms with Gasteiger partial charge in [0.2, 0.25) is 11.8 Å². The van der Waals surface area contributed by atoms with Gasteiger partial charge in [-0.3, -0.25) is 10.1 Å². The van der Waals surface area contributed by atoms with Gasteiger partial charge in [0, 0.05) is 11.3 Å². The van der Waals surface area contributed by atoms with Crippen molar-refractivity contribution in [2.45, 2.75) is 32.7 Å². The molecule has 2 aromatic rings. The highest BCUT2D eigenvalue weighted by molar-refractivity contribution is 7.09. The molecule has 2 heterocycles. The van der Waals surface area contributed by atoms with Crippen LogP contribution in [0.4, 0.5) is 17.5 Å². The van der Waals surface area contributed by atoms with E-state index in [1.165, 1.54) is 0 Å². The van der Waals surface area contributed by atoms with Gasteiger partial charge in [0.1, 0.15) is 6.20 Å². The Morgan fingerprint density at radius 3 is 2.62 bits per heavy atom. The molecule has 112 valence electrons. The number of hydrogen-bond acceptors (Lipinski definition) is 8. The van der Waals surface area contributed by atoms with Gasteiger partial charge < -0.3 is 11.1 Å². The van der Waals surface area contributed by atoms with Crippen molar-refractivity contribution in [2.24, 2.45) is 0 Å². The fraction of sp³-hybridized carbons (Fsp3) is 0.417. The standard InChI is InChI=1S/C12H16N6O2S/c1-6(2)11-16-8(5-21-11)7(3)15-12-14-4-9(18(19)20)10(13)17-12/h4-7H,1-3H3,(H3,13,14,15,17)/t7-/m0/s1. The number of nitrogens with zero attached hydrogens (tertiary/aromatic N) is 4. The molecule has 0 saturated carbocycles. The summed E-state index contributed by atoms with van der Waals surface area (Å²) in [5.41, 5.74) is 6.11. The van der Waals surface area contributed by atoms with Crippen molar-refractivity contribution >= 4 is 28.8 Å². The minimum absolute atomic E-state index is 0.116. The van der Waals surface area contributed by atoms with Crippen LogP contribution in [-0.2, 0) is 0 Å². The Hall–Kier alpha value is -2.29. The van der Waals surface area contributed by atoms with E-state index in [1.54, 1.807) is 11.3 Å². The van der Waals surface area contributed by atoms with Gasteiger partial charge in [-0.05, 0) is 6.92 Å². The smallest absolute Gasteiger partial charge is 0.329 e. The van der Waals surface area contributed by atoms with Gasteiger partial charge in [-0.2, -0.15) is 4.98 Å². The largest absolute Gasteiger partial charge is 0.378 e. The van der Waals surface area contributed by atoms with E-state index in [4.69, 9.17) is 5.73 Å². The molecule has 0 unspecified atom stereocenters. The van der Waals surface area contributed by atoms with Crippen LogP contribution in [0.15, 0.2) is 11.6 Å². The predicted octanol–water partition coefficient (Wildman–Crippen LogP) is 2.72. The van der Waals surface area contributed by atoms with Crippen LogP contribution in [-0.4, -0.2) is 19.9 Å². The summed E-state index contributed by atoms with van der Waals surface area (Å²) in [6.45, 7) is 6.09. The number of hydrogen-bond donors (Lipinski definition) is 2. The Bertz CT molecular complexity index is 657. The van der Waals surface area contributed by atoms with Gasteiger partial charge >= 0.3 is 5.69 Å². The number of thiazole rings is 1. The Kier molecular flexibility index (Phi) is 4.32. The summed E-state index contributed by atoms with van der Waals surface area (Å²) in [6, 6.07) is -0.116. The van der Waals surface area contributed by atoms with Crippen molar-refractivity contribution in [3.05, 3.63) is 32.4 Å². The highest BCUT2D eigenvalue weighted by Gasteiger charge is 2.17. The Morgan fingerprint density at radius 2 is 2.10 bits per heavy atom. The molecule has 8 nitrogen and oxygen atoms in total. The zero-order chi connectivity index (χ0) is 15.6. The number of nitro groups is 1.